The third kappa shape index (κ3) is 2.58. The molecule has 1 N–H and O–H groups in total. The number of carbonyl (C=O) groups is 1. The fraction of sp³-hybridized carbons (Fsp3) is 0.0909. The molecule has 0 spiro atoms. The minimum atomic E-state index is -4.61. The monoisotopic (exact) mass is 291 g/mol. The smallest absolute Gasteiger partial charge is 0.443 e. The van der Waals surface area contributed by atoms with E-state index in [0.29, 0.717) is 0 Å². The van der Waals surface area contributed by atoms with Crippen LogP contribution < -0.4 is 0 Å². The lowest BCUT2D eigenvalue weighted by atomic mass is 10.1. The minimum Gasteiger partial charge on any atom is -0.478 e. The van der Waals surface area contributed by atoms with Gasteiger partial charge < -0.3 is 5.11 Å². The van der Waals surface area contributed by atoms with Crippen molar-refractivity contribution in [2.75, 3.05) is 0 Å². The van der Waals surface area contributed by atoms with Gasteiger partial charge in [0.15, 0.2) is 5.01 Å². The van der Waals surface area contributed by atoms with Crippen molar-refractivity contribution in [3.05, 3.63) is 40.8 Å². The maximum Gasteiger partial charge on any atom is 0.443 e. The van der Waals surface area contributed by atoms with E-state index in [9.17, 15) is 22.4 Å². The van der Waals surface area contributed by atoms with Crippen LogP contribution in [0, 0.1) is 5.82 Å². The zero-order valence-electron chi connectivity index (χ0n) is 9.03. The Balaban J connectivity index is 2.51. The quantitative estimate of drug-likeness (QED) is 0.859. The van der Waals surface area contributed by atoms with Gasteiger partial charge in [0.1, 0.15) is 5.82 Å². The Labute approximate surface area is 108 Å². The van der Waals surface area contributed by atoms with Crippen molar-refractivity contribution >= 4 is 17.3 Å². The van der Waals surface area contributed by atoms with E-state index in [1.54, 1.807) is 0 Å². The molecular weight excluding hydrogens is 286 g/mol. The molecule has 8 heteroatoms. The lowest BCUT2D eigenvalue weighted by Gasteiger charge is -2.03. The molecule has 0 saturated heterocycles. The number of aromatic carboxylic acids is 1. The molecular formula is C11H5F4NO2S. The first kappa shape index (κ1) is 13.5. The predicted molar refractivity (Wildman–Crippen MR) is 59.5 cm³/mol. The summed E-state index contributed by atoms with van der Waals surface area (Å²) < 4.78 is 51.0. The van der Waals surface area contributed by atoms with E-state index in [-0.39, 0.29) is 21.8 Å². The van der Waals surface area contributed by atoms with E-state index in [4.69, 9.17) is 5.11 Å². The van der Waals surface area contributed by atoms with Gasteiger partial charge in [0.25, 0.3) is 0 Å². The number of carboxylic acid groups (broad SMARTS) is 1. The van der Waals surface area contributed by atoms with Crippen LogP contribution in [0.3, 0.4) is 0 Å². The molecule has 2 aromatic rings. The molecule has 0 aliphatic rings. The van der Waals surface area contributed by atoms with Crippen LogP contribution in [0.15, 0.2) is 24.4 Å². The number of carboxylic acids is 1. The number of nitrogens with zero attached hydrogens (tertiary/aromatic N) is 1. The molecule has 0 fully saturated rings. The molecule has 1 aromatic carbocycles. The highest BCUT2D eigenvalue weighted by Crippen LogP contribution is 2.37. The van der Waals surface area contributed by atoms with Crippen LogP contribution >= 0.6 is 11.3 Å². The van der Waals surface area contributed by atoms with Crippen molar-refractivity contribution in [2.45, 2.75) is 6.18 Å². The van der Waals surface area contributed by atoms with Gasteiger partial charge in [-0.3, -0.25) is 0 Å². The topological polar surface area (TPSA) is 50.2 Å². The van der Waals surface area contributed by atoms with Gasteiger partial charge in [0, 0.05) is 11.8 Å². The third-order valence-corrected chi connectivity index (χ3v) is 3.32. The van der Waals surface area contributed by atoms with Crippen molar-refractivity contribution in [2.24, 2.45) is 0 Å². The molecule has 0 saturated carbocycles. The Morgan fingerprint density at radius 2 is 2.00 bits per heavy atom. The lowest BCUT2D eigenvalue weighted by Crippen LogP contribution is -2.02. The van der Waals surface area contributed by atoms with Crippen molar-refractivity contribution in [3.8, 4) is 10.4 Å². The van der Waals surface area contributed by atoms with Crippen LogP contribution in [0.25, 0.3) is 10.4 Å². The van der Waals surface area contributed by atoms with Gasteiger partial charge in [-0.15, -0.1) is 11.3 Å². The summed E-state index contributed by atoms with van der Waals surface area (Å²) in [5, 5.41) is 7.63. The van der Waals surface area contributed by atoms with Crippen LogP contribution in [-0.2, 0) is 6.18 Å². The van der Waals surface area contributed by atoms with Gasteiger partial charge in [0.05, 0.1) is 10.4 Å². The third-order valence-electron chi connectivity index (χ3n) is 2.24. The van der Waals surface area contributed by atoms with Crippen LogP contribution in [0.4, 0.5) is 17.6 Å². The van der Waals surface area contributed by atoms with Gasteiger partial charge >= 0.3 is 12.1 Å². The molecule has 19 heavy (non-hydrogen) atoms. The molecule has 0 unspecified atom stereocenters. The zero-order chi connectivity index (χ0) is 14.2. The lowest BCUT2D eigenvalue weighted by molar-refractivity contribution is -0.137. The van der Waals surface area contributed by atoms with E-state index in [2.05, 4.69) is 4.98 Å². The molecule has 100 valence electrons. The van der Waals surface area contributed by atoms with E-state index in [1.165, 1.54) is 12.1 Å². The number of alkyl halides is 3. The van der Waals surface area contributed by atoms with Gasteiger partial charge in [0.2, 0.25) is 0 Å². The fourth-order valence-electron chi connectivity index (χ4n) is 1.42. The molecule has 0 amide bonds. The zero-order valence-corrected chi connectivity index (χ0v) is 9.85. The molecule has 2 rings (SSSR count). The van der Waals surface area contributed by atoms with Crippen LogP contribution in [0.5, 0.6) is 0 Å². The van der Waals surface area contributed by atoms with Crippen LogP contribution in [0.1, 0.15) is 15.4 Å². The van der Waals surface area contributed by atoms with E-state index in [1.807, 2.05) is 0 Å². The number of hydrogen-bond donors (Lipinski definition) is 1. The molecule has 0 radical (unpaired) electrons. The Hall–Kier alpha value is -1.96. The maximum absolute atomic E-state index is 13.8. The SMILES string of the molecule is O=C(O)c1cccc(-c2cnc(C(F)(F)F)s2)c1F. The highest BCUT2D eigenvalue weighted by atomic mass is 32.1. The van der Waals surface area contributed by atoms with Gasteiger partial charge in [-0.2, -0.15) is 13.2 Å². The largest absolute Gasteiger partial charge is 0.478 e. The number of rotatable bonds is 2. The molecule has 0 aliphatic carbocycles. The summed E-state index contributed by atoms with van der Waals surface area (Å²) in [6, 6.07) is 3.50. The van der Waals surface area contributed by atoms with Gasteiger partial charge in [-0.05, 0) is 6.07 Å². The van der Waals surface area contributed by atoms with E-state index < -0.39 is 28.5 Å². The van der Waals surface area contributed by atoms with Crippen LogP contribution in [0.2, 0.25) is 0 Å². The summed E-state index contributed by atoms with van der Waals surface area (Å²) in [5.41, 5.74) is -0.813. The van der Waals surface area contributed by atoms with Crippen molar-refractivity contribution in [1.29, 1.82) is 0 Å². The second kappa shape index (κ2) is 4.61. The number of aromatic nitrogens is 1. The van der Waals surface area contributed by atoms with Crippen molar-refractivity contribution in [1.82, 2.24) is 4.98 Å². The first-order chi connectivity index (χ1) is 8.80. The van der Waals surface area contributed by atoms with Crippen molar-refractivity contribution in [3.63, 3.8) is 0 Å². The molecule has 3 nitrogen and oxygen atoms in total. The second-order valence-electron chi connectivity index (χ2n) is 3.50. The Morgan fingerprint density at radius 1 is 1.32 bits per heavy atom. The Kier molecular flexibility index (Phi) is 3.27. The average Bonchev–Trinajstić information content (AvgIpc) is 2.77. The summed E-state index contributed by atoms with van der Waals surface area (Å²) in [5.74, 6) is -2.56. The Bertz CT molecular complexity index is 636. The fourth-order valence-corrected chi connectivity index (χ4v) is 2.22. The molecule has 1 aromatic heterocycles. The Morgan fingerprint density at radius 3 is 2.53 bits per heavy atom. The maximum atomic E-state index is 13.8. The normalized spacial score (nSPS) is 11.6. The van der Waals surface area contributed by atoms with E-state index >= 15 is 0 Å². The minimum absolute atomic E-state index is 0.0760. The summed E-state index contributed by atoms with van der Waals surface area (Å²) in [7, 11) is 0. The second-order valence-corrected chi connectivity index (χ2v) is 4.53. The molecule has 1 heterocycles. The molecule has 0 atom stereocenters. The van der Waals surface area contributed by atoms with Crippen LogP contribution in [-0.4, -0.2) is 16.1 Å². The van der Waals surface area contributed by atoms with Gasteiger partial charge in [-0.1, -0.05) is 12.1 Å². The van der Waals surface area contributed by atoms with Gasteiger partial charge in [-0.25, -0.2) is 14.2 Å². The summed E-state index contributed by atoms with van der Waals surface area (Å²) in [6.45, 7) is 0. The number of benzene rings is 1. The van der Waals surface area contributed by atoms with Crippen molar-refractivity contribution < 1.29 is 27.5 Å². The predicted octanol–water partition coefficient (Wildman–Crippen LogP) is 3.67. The summed E-state index contributed by atoms with van der Waals surface area (Å²) in [4.78, 5) is 13.8. The molecule has 0 aliphatic heterocycles. The highest BCUT2D eigenvalue weighted by Gasteiger charge is 2.35. The highest BCUT2D eigenvalue weighted by molar-refractivity contribution is 7.15. The average molecular weight is 291 g/mol. The first-order valence-electron chi connectivity index (χ1n) is 4.86. The summed E-state index contributed by atoms with van der Waals surface area (Å²) >= 11 is 0.258. The standard InChI is InChI=1S/C11H5F4NO2S/c12-8-5(2-1-3-6(8)9(17)18)7-4-16-10(19-7)11(13,14)15/h1-4H,(H,17,18). The number of hydrogen-bond acceptors (Lipinski definition) is 3. The van der Waals surface area contributed by atoms with E-state index in [0.717, 1.165) is 12.3 Å². The number of thiazole rings is 1. The molecule has 0 bridgehead atoms. The first-order valence-corrected chi connectivity index (χ1v) is 5.67. The number of halogens is 4. The summed E-state index contributed by atoms with van der Waals surface area (Å²) in [6.07, 6.45) is -3.73.